The van der Waals surface area contributed by atoms with Crippen LogP contribution in [0.15, 0.2) is 0 Å². The molecule has 0 aromatic heterocycles. The van der Waals surface area contributed by atoms with Gasteiger partial charge in [0.15, 0.2) is 0 Å². The van der Waals surface area contributed by atoms with E-state index in [-0.39, 0.29) is 13.5 Å². The highest BCUT2D eigenvalue weighted by Crippen LogP contribution is 2.36. The highest BCUT2D eigenvalue weighted by molar-refractivity contribution is 5.86. The van der Waals surface area contributed by atoms with Crippen molar-refractivity contribution in [1.29, 1.82) is 0 Å². The third kappa shape index (κ3) is 2.69. The van der Waals surface area contributed by atoms with Crippen LogP contribution in [-0.2, 0) is 4.79 Å². The summed E-state index contributed by atoms with van der Waals surface area (Å²) in [6, 6.07) is 0.485. The van der Waals surface area contributed by atoms with E-state index >= 15 is 0 Å². The average Bonchev–Trinajstić information content (AvgIpc) is 3.18. The summed E-state index contributed by atoms with van der Waals surface area (Å²) in [6.45, 7) is 0.304. The quantitative estimate of drug-likeness (QED) is 0.802. The van der Waals surface area contributed by atoms with Gasteiger partial charge in [-0.2, -0.15) is 0 Å². The largest absolute Gasteiger partial charge is 0.396 e. The molecule has 1 aliphatic heterocycles. The van der Waals surface area contributed by atoms with Crippen molar-refractivity contribution in [2.45, 2.75) is 64.5 Å². The smallest absolute Gasteiger partial charge is 0.255 e. The van der Waals surface area contributed by atoms with Crippen molar-refractivity contribution in [2.24, 2.45) is 11.8 Å². The lowest BCUT2D eigenvalue weighted by atomic mass is 9.85. The topological polar surface area (TPSA) is 52.6 Å². The van der Waals surface area contributed by atoms with Gasteiger partial charge in [-0.15, -0.1) is 0 Å². The molecule has 104 valence electrons. The van der Waals surface area contributed by atoms with E-state index in [4.69, 9.17) is 5.11 Å². The normalized spacial score (nSPS) is 35.9. The van der Waals surface area contributed by atoms with Gasteiger partial charge in [0.2, 0.25) is 0 Å². The molecule has 2 saturated carbocycles. The van der Waals surface area contributed by atoms with Crippen molar-refractivity contribution < 1.29 is 9.90 Å². The molecule has 1 unspecified atom stereocenters. The van der Waals surface area contributed by atoms with Gasteiger partial charge in [0.05, 0.1) is 0 Å². The maximum atomic E-state index is 12.0. The third-order valence-corrected chi connectivity index (χ3v) is 4.54. The van der Waals surface area contributed by atoms with Crippen molar-refractivity contribution in [3.63, 3.8) is 0 Å². The molecule has 0 aromatic rings. The number of rotatable bonds is 4. The van der Waals surface area contributed by atoms with Gasteiger partial charge in [-0.3, -0.25) is 9.80 Å². The minimum Gasteiger partial charge on any atom is -0.396 e. The first-order chi connectivity index (χ1) is 8.28. The van der Waals surface area contributed by atoms with Crippen LogP contribution in [0, 0.1) is 11.8 Å². The number of amides is 1. The molecule has 3 aliphatic rings. The number of nitrogens with one attached hydrogen (secondary N) is 1. The Hall–Kier alpha value is -0.610. The summed E-state index contributed by atoms with van der Waals surface area (Å²) in [5, 5.41) is 11.0. The second kappa shape index (κ2) is 5.57. The summed E-state index contributed by atoms with van der Waals surface area (Å²) in [5.41, 5.74) is 3.32. The molecule has 0 spiro atoms. The Morgan fingerprint density at radius 2 is 1.72 bits per heavy atom. The number of aliphatic hydroxyl groups is 1. The second-order valence-electron chi connectivity index (χ2n) is 5.93. The van der Waals surface area contributed by atoms with Crippen LogP contribution in [-0.4, -0.2) is 34.7 Å². The van der Waals surface area contributed by atoms with Gasteiger partial charge in [-0.25, -0.2) is 5.43 Å². The first-order valence-corrected chi connectivity index (χ1v) is 6.98. The molecular weight excluding hydrogens is 228 g/mol. The summed E-state index contributed by atoms with van der Waals surface area (Å²) in [6.07, 6.45) is 7.86. The van der Waals surface area contributed by atoms with Gasteiger partial charge in [0, 0.05) is 12.6 Å². The Bertz CT molecular complexity index is 296. The van der Waals surface area contributed by atoms with Crippen LogP contribution in [0.2, 0.25) is 0 Å². The van der Waals surface area contributed by atoms with E-state index in [1.807, 2.05) is 5.01 Å². The molecule has 3 rings (SSSR count). The predicted molar refractivity (Wildman–Crippen MR) is 70.7 cm³/mol. The molecule has 1 amide bonds. The molecule has 1 heterocycles. The van der Waals surface area contributed by atoms with Crippen molar-refractivity contribution in [1.82, 2.24) is 10.4 Å². The SMILES string of the molecule is C.O=C1C(CC2CC2)NN1C1CCC(CO)CC1. The van der Waals surface area contributed by atoms with Crippen molar-refractivity contribution >= 4 is 5.91 Å². The second-order valence-corrected chi connectivity index (χ2v) is 5.93. The van der Waals surface area contributed by atoms with Crippen LogP contribution in [0.3, 0.4) is 0 Å². The maximum Gasteiger partial charge on any atom is 0.255 e. The summed E-state index contributed by atoms with van der Waals surface area (Å²) >= 11 is 0. The van der Waals surface area contributed by atoms with E-state index in [0.29, 0.717) is 24.5 Å². The zero-order valence-corrected chi connectivity index (χ0v) is 10.3. The van der Waals surface area contributed by atoms with Crippen LogP contribution in [0.25, 0.3) is 0 Å². The van der Waals surface area contributed by atoms with Gasteiger partial charge in [-0.1, -0.05) is 20.3 Å². The number of carbonyl (C=O) groups is 1. The first kappa shape index (κ1) is 13.8. The summed E-state index contributed by atoms with van der Waals surface area (Å²) < 4.78 is 0. The maximum absolute atomic E-state index is 12.0. The minimum atomic E-state index is 0. The first-order valence-electron chi connectivity index (χ1n) is 6.98. The Morgan fingerprint density at radius 1 is 1.11 bits per heavy atom. The van der Waals surface area contributed by atoms with Crippen LogP contribution in [0.4, 0.5) is 0 Å². The summed E-state index contributed by atoms with van der Waals surface area (Å²) in [7, 11) is 0. The molecule has 2 aliphatic carbocycles. The standard InChI is InChI=1S/C13H22N2O2.CH4/c16-8-10-3-5-11(6-4-10)15-13(17)12(14-15)7-9-1-2-9;/h9-12,14,16H,1-8H2;1H4. The average molecular weight is 254 g/mol. The molecule has 3 fully saturated rings. The van der Waals surface area contributed by atoms with Crippen molar-refractivity contribution in [3.05, 3.63) is 0 Å². The zero-order chi connectivity index (χ0) is 11.8. The fraction of sp³-hybridized carbons (Fsp3) is 0.929. The number of aliphatic hydroxyl groups excluding tert-OH is 1. The molecule has 0 aromatic carbocycles. The molecule has 0 bridgehead atoms. The van der Waals surface area contributed by atoms with Crippen LogP contribution in [0.5, 0.6) is 0 Å². The molecule has 1 atom stereocenters. The zero-order valence-electron chi connectivity index (χ0n) is 10.3. The van der Waals surface area contributed by atoms with Gasteiger partial charge >= 0.3 is 0 Å². The predicted octanol–water partition coefficient (Wildman–Crippen LogP) is 1.69. The Kier molecular flexibility index (Phi) is 4.28. The molecule has 2 N–H and O–H groups in total. The van der Waals surface area contributed by atoms with E-state index < -0.39 is 0 Å². The number of hydrogen-bond donors (Lipinski definition) is 2. The molecule has 1 saturated heterocycles. The van der Waals surface area contributed by atoms with E-state index in [2.05, 4.69) is 5.43 Å². The lowest BCUT2D eigenvalue weighted by Crippen LogP contribution is -2.70. The number of carbonyl (C=O) groups excluding carboxylic acids is 1. The molecule has 18 heavy (non-hydrogen) atoms. The lowest BCUT2D eigenvalue weighted by Gasteiger charge is -2.46. The molecular formula is C14H26N2O2. The lowest BCUT2D eigenvalue weighted by molar-refractivity contribution is -0.159. The van der Waals surface area contributed by atoms with Crippen LogP contribution < -0.4 is 5.43 Å². The summed E-state index contributed by atoms with van der Waals surface area (Å²) in [4.78, 5) is 12.0. The van der Waals surface area contributed by atoms with E-state index in [1.165, 1.54) is 12.8 Å². The molecule has 0 radical (unpaired) electrons. The van der Waals surface area contributed by atoms with Crippen molar-refractivity contribution in [3.8, 4) is 0 Å². The van der Waals surface area contributed by atoms with E-state index in [0.717, 1.165) is 38.0 Å². The van der Waals surface area contributed by atoms with Gasteiger partial charge < -0.3 is 5.11 Å². The van der Waals surface area contributed by atoms with Crippen LogP contribution in [0.1, 0.15) is 52.4 Å². The van der Waals surface area contributed by atoms with Crippen LogP contribution >= 0.6 is 0 Å². The number of nitrogens with zero attached hydrogens (tertiary/aromatic N) is 1. The van der Waals surface area contributed by atoms with Gasteiger partial charge in [-0.05, 0) is 43.9 Å². The van der Waals surface area contributed by atoms with Crippen molar-refractivity contribution in [2.75, 3.05) is 6.61 Å². The highest BCUT2D eigenvalue weighted by atomic mass is 16.3. The summed E-state index contributed by atoms with van der Waals surface area (Å²) in [5.74, 6) is 1.58. The fourth-order valence-corrected chi connectivity index (χ4v) is 3.10. The molecule has 4 nitrogen and oxygen atoms in total. The number of hydrazine groups is 1. The Morgan fingerprint density at radius 3 is 2.22 bits per heavy atom. The Balaban J connectivity index is 0.00000120. The fourth-order valence-electron chi connectivity index (χ4n) is 3.10. The Labute approximate surface area is 110 Å². The number of hydrogen-bond acceptors (Lipinski definition) is 3. The van der Waals surface area contributed by atoms with E-state index in [9.17, 15) is 4.79 Å². The minimum absolute atomic E-state index is 0. The van der Waals surface area contributed by atoms with E-state index in [1.54, 1.807) is 0 Å². The third-order valence-electron chi connectivity index (χ3n) is 4.54. The van der Waals surface area contributed by atoms with Gasteiger partial charge in [0.1, 0.15) is 6.04 Å². The highest BCUT2D eigenvalue weighted by Gasteiger charge is 2.43. The van der Waals surface area contributed by atoms with Gasteiger partial charge in [0.25, 0.3) is 5.91 Å². The molecule has 4 heteroatoms. The monoisotopic (exact) mass is 254 g/mol.